The fraction of sp³-hybridized carbons (Fsp3) is 0.227. The number of hydrogen-bond acceptors (Lipinski definition) is 1. The normalized spacial score (nSPS) is 11.7. The van der Waals surface area contributed by atoms with E-state index in [4.69, 9.17) is 0 Å². The van der Waals surface area contributed by atoms with Crippen molar-refractivity contribution in [1.29, 1.82) is 0 Å². The molecule has 0 radical (unpaired) electrons. The number of carbonyl (C=O) groups excluding carboxylic acids is 1. The average Bonchev–Trinajstić information content (AvgIpc) is 2.57. The summed E-state index contributed by atoms with van der Waals surface area (Å²) in [4.78, 5) is 11.1. The lowest BCUT2D eigenvalue weighted by atomic mass is 9.90. The van der Waals surface area contributed by atoms with Crippen LogP contribution in [0.2, 0.25) is 0 Å². The van der Waals surface area contributed by atoms with E-state index in [0.717, 1.165) is 19.3 Å². The van der Waals surface area contributed by atoms with Crippen molar-refractivity contribution in [1.82, 2.24) is 0 Å². The van der Waals surface area contributed by atoms with E-state index in [1.807, 2.05) is 0 Å². The summed E-state index contributed by atoms with van der Waals surface area (Å²) in [7, 11) is 0. The van der Waals surface area contributed by atoms with Gasteiger partial charge in [-0.25, -0.2) is 0 Å². The van der Waals surface area contributed by atoms with Gasteiger partial charge in [0.25, 0.3) is 0 Å². The molecule has 0 aromatic heterocycles. The summed E-state index contributed by atoms with van der Waals surface area (Å²) in [6.07, 6.45) is 3.80. The average molecular weight is 300 g/mol. The third kappa shape index (κ3) is 2.46. The summed E-state index contributed by atoms with van der Waals surface area (Å²) in [6.45, 7) is 1.68. The van der Waals surface area contributed by atoms with E-state index < -0.39 is 0 Å². The van der Waals surface area contributed by atoms with Gasteiger partial charge >= 0.3 is 0 Å². The number of hydrogen-bond donors (Lipinski definition) is 0. The van der Waals surface area contributed by atoms with Crippen molar-refractivity contribution in [2.75, 3.05) is 0 Å². The second-order valence-corrected chi connectivity index (χ2v) is 6.49. The molecule has 4 aromatic rings. The molecule has 114 valence electrons. The number of aryl methyl sites for hydroxylation is 1. The zero-order valence-corrected chi connectivity index (χ0v) is 13.4. The lowest BCUT2D eigenvalue weighted by Crippen LogP contribution is -1.93. The summed E-state index contributed by atoms with van der Waals surface area (Å²) in [5.41, 5.74) is 1.40. The van der Waals surface area contributed by atoms with Crippen LogP contribution in [0.3, 0.4) is 0 Å². The quantitative estimate of drug-likeness (QED) is 0.332. The van der Waals surface area contributed by atoms with Gasteiger partial charge in [-0.15, -0.1) is 0 Å². The first kappa shape index (κ1) is 14.2. The molecule has 0 aliphatic heterocycles. The first-order valence-corrected chi connectivity index (χ1v) is 8.39. The summed E-state index contributed by atoms with van der Waals surface area (Å²) >= 11 is 0. The number of benzene rings is 4. The minimum Gasteiger partial charge on any atom is -0.300 e. The monoisotopic (exact) mass is 300 g/mol. The number of unbranched alkanes of at least 4 members (excludes halogenated alkanes) is 1. The maximum atomic E-state index is 11.1. The molecule has 0 spiro atoms. The largest absolute Gasteiger partial charge is 0.300 e. The van der Waals surface area contributed by atoms with Crippen LogP contribution >= 0.6 is 0 Å². The standard InChI is InChI=1S/C22H20O/c1-15(23)5-2-3-6-16-9-10-19-12-11-17-7-4-8-18-13-14-20(16)22(19)21(17)18/h4,7-14H,2-3,5-6H2,1H3. The van der Waals surface area contributed by atoms with E-state index in [1.165, 1.54) is 37.9 Å². The van der Waals surface area contributed by atoms with Crippen LogP contribution in [-0.2, 0) is 11.2 Å². The van der Waals surface area contributed by atoms with Gasteiger partial charge in [0.15, 0.2) is 0 Å². The van der Waals surface area contributed by atoms with E-state index >= 15 is 0 Å². The van der Waals surface area contributed by atoms with Crippen molar-refractivity contribution < 1.29 is 4.79 Å². The van der Waals surface area contributed by atoms with Crippen molar-refractivity contribution in [3.05, 3.63) is 60.2 Å². The minimum absolute atomic E-state index is 0.292. The van der Waals surface area contributed by atoms with Crippen LogP contribution in [-0.4, -0.2) is 5.78 Å². The van der Waals surface area contributed by atoms with Gasteiger partial charge in [0.05, 0.1) is 0 Å². The highest BCUT2D eigenvalue weighted by molar-refractivity contribution is 6.23. The highest BCUT2D eigenvalue weighted by Gasteiger charge is 2.10. The third-order valence-electron chi connectivity index (χ3n) is 4.84. The molecular formula is C22H20O. The van der Waals surface area contributed by atoms with Crippen molar-refractivity contribution in [3.8, 4) is 0 Å². The Morgan fingerprint density at radius 3 is 2.17 bits per heavy atom. The SMILES string of the molecule is CC(=O)CCCCc1ccc2ccc3cccc4ccc1c2c34. The molecule has 0 N–H and O–H groups in total. The Morgan fingerprint density at radius 2 is 1.43 bits per heavy atom. The second-order valence-electron chi connectivity index (χ2n) is 6.49. The third-order valence-corrected chi connectivity index (χ3v) is 4.84. The van der Waals surface area contributed by atoms with Crippen LogP contribution in [0.4, 0.5) is 0 Å². The summed E-state index contributed by atoms with van der Waals surface area (Å²) < 4.78 is 0. The number of carbonyl (C=O) groups is 1. The lowest BCUT2D eigenvalue weighted by Gasteiger charge is -2.13. The molecular weight excluding hydrogens is 280 g/mol. The van der Waals surface area contributed by atoms with Gasteiger partial charge in [0.1, 0.15) is 5.78 Å². The van der Waals surface area contributed by atoms with Crippen LogP contribution in [0.5, 0.6) is 0 Å². The van der Waals surface area contributed by atoms with E-state index in [1.54, 1.807) is 6.92 Å². The Morgan fingerprint density at radius 1 is 0.783 bits per heavy atom. The van der Waals surface area contributed by atoms with E-state index in [-0.39, 0.29) is 0 Å². The number of Topliss-reactive ketones (excluding diaryl/α,β-unsaturated/α-hetero) is 1. The summed E-state index contributed by atoms with van der Waals surface area (Å²) in [5, 5.41) is 8.09. The molecule has 0 saturated heterocycles. The Bertz CT molecular complexity index is 981. The predicted molar refractivity (Wildman–Crippen MR) is 98.4 cm³/mol. The van der Waals surface area contributed by atoms with Crippen molar-refractivity contribution in [3.63, 3.8) is 0 Å². The van der Waals surface area contributed by atoms with Crippen LogP contribution < -0.4 is 0 Å². The fourth-order valence-electron chi connectivity index (χ4n) is 3.70. The molecule has 4 rings (SSSR count). The molecule has 0 unspecified atom stereocenters. The molecule has 1 nitrogen and oxygen atoms in total. The summed E-state index contributed by atoms with van der Waals surface area (Å²) in [6, 6.07) is 20.0. The van der Waals surface area contributed by atoms with Crippen molar-refractivity contribution in [2.45, 2.75) is 32.6 Å². The molecule has 0 fully saturated rings. The van der Waals surface area contributed by atoms with Crippen LogP contribution in [0, 0.1) is 0 Å². The van der Waals surface area contributed by atoms with E-state index in [0.29, 0.717) is 12.2 Å². The molecule has 4 aromatic carbocycles. The second kappa shape index (κ2) is 5.66. The highest BCUT2D eigenvalue weighted by atomic mass is 16.1. The minimum atomic E-state index is 0.292. The lowest BCUT2D eigenvalue weighted by molar-refractivity contribution is -0.117. The summed E-state index contributed by atoms with van der Waals surface area (Å²) in [5.74, 6) is 0.292. The molecule has 0 atom stereocenters. The van der Waals surface area contributed by atoms with E-state index in [2.05, 4.69) is 54.6 Å². The first-order valence-electron chi connectivity index (χ1n) is 8.39. The Kier molecular flexibility index (Phi) is 3.49. The smallest absolute Gasteiger partial charge is 0.129 e. The molecule has 23 heavy (non-hydrogen) atoms. The van der Waals surface area contributed by atoms with Crippen LogP contribution in [0.25, 0.3) is 32.3 Å². The zero-order chi connectivity index (χ0) is 15.8. The topological polar surface area (TPSA) is 17.1 Å². The zero-order valence-electron chi connectivity index (χ0n) is 13.4. The maximum Gasteiger partial charge on any atom is 0.129 e. The van der Waals surface area contributed by atoms with Crippen LogP contribution in [0.15, 0.2) is 54.6 Å². The Hall–Kier alpha value is -2.41. The van der Waals surface area contributed by atoms with E-state index in [9.17, 15) is 4.79 Å². The Balaban J connectivity index is 1.81. The van der Waals surface area contributed by atoms with Gasteiger partial charge in [-0.3, -0.25) is 0 Å². The maximum absolute atomic E-state index is 11.1. The van der Waals surface area contributed by atoms with Crippen molar-refractivity contribution in [2.24, 2.45) is 0 Å². The Labute approximate surface area is 136 Å². The molecule has 0 saturated carbocycles. The molecule has 0 aliphatic rings. The molecule has 0 bridgehead atoms. The fourth-order valence-corrected chi connectivity index (χ4v) is 3.70. The number of rotatable bonds is 5. The molecule has 1 heteroatoms. The van der Waals surface area contributed by atoms with Gasteiger partial charge in [0.2, 0.25) is 0 Å². The highest BCUT2D eigenvalue weighted by Crippen LogP contribution is 2.36. The van der Waals surface area contributed by atoms with Gasteiger partial charge in [-0.2, -0.15) is 0 Å². The predicted octanol–water partition coefficient (Wildman–Crippen LogP) is 5.89. The van der Waals surface area contributed by atoms with Crippen LogP contribution in [0.1, 0.15) is 31.7 Å². The van der Waals surface area contributed by atoms with Gasteiger partial charge < -0.3 is 4.79 Å². The number of ketones is 1. The molecule has 0 aliphatic carbocycles. The first-order chi connectivity index (χ1) is 11.2. The van der Waals surface area contributed by atoms with Gasteiger partial charge in [-0.05, 0) is 64.1 Å². The van der Waals surface area contributed by atoms with Crippen molar-refractivity contribution >= 4 is 38.1 Å². The molecule has 0 heterocycles. The molecule has 0 amide bonds. The van der Waals surface area contributed by atoms with Gasteiger partial charge in [-0.1, -0.05) is 54.6 Å². The van der Waals surface area contributed by atoms with Gasteiger partial charge in [0, 0.05) is 6.42 Å².